The van der Waals surface area contributed by atoms with Gasteiger partial charge in [-0.05, 0) is 12.1 Å². The van der Waals surface area contributed by atoms with Gasteiger partial charge in [-0.25, -0.2) is 18.3 Å². The molecule has 5 rings (SSSR count). The molecule has 0 amide bonds. The SMILES string of the molecule is COc1cc(-n2cnc(Nc3nc(N4CCC(F)(F)C4)c4cccn4n3)c2)cc(OC)c1OC. The largest absolute Gasteiger partial charge is 0.493 e. The van der Waals surface area contributed by atoms with Gasteiger partial charge in [0.15, 0.2) is 23.1 Å². The third-order valence-corrected chi connectivity index (χ3v) is 5.61. The fraction of sp³-hybridized carbons (Fsp3) is 0.318. The molecule has 0 unspecified atom stereocenters. The van der Waals surface area contributed by atoms with Crippen molar-refractivity contribution >= 4 is 23.1 Å². The Bertz CT molecular complexity index is 1310. The summed E-state index contributed by atoms with van der Waals surface area (Å²) in [5.74, 6) is -0.0742. The van der Waals surface area contributed by atoms with Gasteiger partial charge in [0.25, 0.3) is 5.92 Å². The van der Waals surface area contributed by atoms with Crippen LogP contribution in [0.1, 0.15) is 6.42 Å². The van der Waals surface area contributed by atoms with Crippen molar-refractivity contribution in [2.45, 2.75) is 12.3 Å². The zero-order valence-electron chi connectivity index (χ0n) is 18.8. The van der Waals surface area contributed by atoms with Crippen LogP contribution in [0.25, 0.3) is 11.2 Å². The summed E-state index contributed by atoms with van der Waals surface area (Å²) in [7, 11) is 4.63. The van der Waals surface area contributed by atoms with Crippen molar-refractivity contribution in [2.24, 2.45) is 0 Å². The van der Waals surface area contributed by atoms with Gasteiger partial charge in [0, 0.05) is 31.3 Å². The van der Waals surface area contributed by atoms with Gasteiger partial charge in [0.1, 0.15) is 11.8 Å². The van der Waals surface area contributed by atoms with E-state index in [0.717, 1.165) is 5.69 Å². The van der Waals surface area contributed by atoms with E-state index in [-0.39, 0.29) is 25.5 Å². The van der Waals surface area contributed by atoms with E-state index in [1.807, 2.05) is 0 Å². The number of rotatable bonds is 7. The molecule has 0 spiro atoms. The minimum Gasteiger partial charge on any atom is -0.493 e. The van der Waals surface area contributed by atoms with Gasteiger partial charge in [-0.3, -0.25) is 0 Å². The third kappa shape index (κ3) is 3.91. The van der Waals surface area contributed by atoms with Gasteiger partial charge >= 0.3 is 0 Å². The standard InChI is InChI=1S/C22H23F2N7O3/c1-32-16-9-14(10-17(33-2)19(16)34-3)30-11-18(25-13-30)26-21-27-20(15-5-4-7-31(15)28-21)29-8-6-22(23,24)12-29/h4-5,7,9-11,13H,6,8,12H2,1-3H3,(H,26,28). The van der Waals surface area contributed by atoms with Crippen LogP contribution < -0.4 is 24.4 Å². The van der Waals surface area contributed by atoms with Crippen LogP contribution in [0.15, 0.2) is 43.0 Å². The Hall–Kier alpha value is -4.09. The molecule has 0 aliphatic carbocycles. The molecule has 0 saturated carbocycles. The van der Waals surface area contributed by atoms with Crippen molar-refractivity contribution in [3.63, 3.8) is 0 Å². The molecule has 1 N–H and O–H groups in total. The van der Waals surface area contributed by atoms with Crippen LogP contribution in [0.2, 0.25) is 0 Å². The van der Waals surface area contributed by atoms with E-state index >= 15 is 0 Å². The molecule has 0 radical (unpaired) electrons. The molecule has 1 aromatic carbocycles. The third-order valence-electron chi connectivity index (χ3n) is 5.61. The van der Waals surface area contributed by atoms with Crippen molar-refractivity contribution in [1.29, 1.82) is 0 Å². The molecule has 4 heterocycles. The van der Waals surface area contributed by atoms with E-state index in [0.29, 0.717) is 34.4 Å². The molecule has 34 heavy (non-hydrogen) atoms. The predicted octanol–water partition coefficient (Wildman–Crippen LogP) is 3.53. The molecule has 1 aliphatic heterocycles. The van der Waals surface area contributed by atoms with Gasteiger partial charge in [-0.2, -0.15) is 4.98 Å². The van der Waals surface area contributed by atoms with Crippen molar-refractivity contribution in [2.75, 3.05) is 44.6 Å². The van der Waals surface area contributed by atoms with Crippen LogP contribution in [-0.4, -0.2) is 64.5 Å². The van der Waals surface area contributed by atoms with Gasteiger partial charge in [0.2, 0.25) is 11.7 Å². The molecule has 1 fully saturated rings. The maximum absolute atomic E-state index is 13.8. The van der Waals surface area contributed by atoms with E-state index < -0.39 is 5.92 Å². The number of aromatic nitrogens is 5. The zero-order chi connectivity index (χ0) is 23.9. The van der Waals surface area contributed by atoms with Crippen molar-refractivity contribution in [1.82, 2.24) is 24.1 Å². The number of alkyl halides is 2. The maximum atomic E-state index is 13.8. The Labute approximate surface area is 193 Å². The maximum Gasteiger partial charge on any atom is 0.266 e. The van der Waals surface area contributed by atoms with E-state index in [1.165, 1.54) is 0 Å². The smallest absolute Gasteiger partial charge is 0.266 e. The van der Waals surface area contributed by atoms with E-state index in [1.54, 1.807) is 78.3 Å². The summed E-state index contributed by atoms with van der Waals surface area (Å²) in [6.45, 7) is -0.153. The van der Waals surface area contributed by atoms with Crippen LogP contribution in [-0.2, 0) is 0 Å². The van der Waals surface area contributed by atoms with Gasteiger partial charge in [0.05, 0.1) is 39.8 Å². The van der Waals surface area contributed by atoms with Crippen LogP contribution in [0.5, 0.6) is 17.2 Å². The summed E-state index contributed by atoms with van der Waals surface area (Å²) in [5, 5.41) is 7.50. The number of hydrogen-bond acceptors (Lipinski definition) is 8. The van der Waals surface area contributed by atoms with Crippen LogP contribution in [0.3, 0.4) is 0 Å². The molecule has 4 aromatic rings. The highest BCUT2D eigenvalue weighted by atomic mass is 19.3. The zero-order valence-corrected chi connectivity index (χ0v) is 18.8. The fourth-order valence-corrected chi connectivity index (χ4v) is 3.98. The molecule has 3 aromatic heterocycles. The summed E-state index contributed by atoms with van der Waals surface area (Å²) in [5.41, 5.74) is 1.39. The summed E-state index contributed by atoms with van der Waals surface area (Å²) < 4.78 is 47.2. The Balaban J connectivity index is 1.45. The Kier molecular flexibility index (Phi) is 5.34. The number of nitrogens with one attached hydrogen (secondary N) is 1. The number of nitrogens with zero attached hydrogens (tertiary/aromatic N) is 6. The lowest BCUT2D eigenvalue weighted by Gasteiger charge is -2.18. The van der Waals surface area contributed by atoms with E-state index in [4.69, 9.17) is 14.2 Å². The van der Waals surface area contributed by atoms with Crippen molar-refractivity contribution < 1.29 is 23.0 Å². The van der Waals surface area contributed by atoms with E-state index in [2.05, 4.69) is 20.4 Å². The molecule has 178 valence electrons. The first kappa shape index (κ1) is 21.7. The number of imidazole rings is 1. The molecule has 1 aliphatic rings. The molecule has 1 saturated heterocycles. The summed E-state index contributed by atoms with van der Waals surface area (Å²) in [6.07, 6.45) is 4.90. The second-order valence-electron chi connectivity index (χ2n) is 7.80. The summed E-state index contributed by atoms with van der Waals surface area (Å²) >= 11 is 0. The summed E-state index contributed by atoms with van der Waals surface area (Å²) in [6, 6.07) is 7.18. The number of ether oxygens (including phenoxy) is 3. The number of methoxy groups -OCH3 is 3. The molecule has 0 bridgehead atoms. The lowest BCUT2D eigenvalue weighted by atomic mass is 10.2. The first-order valence-corrected chi connectivity index (χ1v) is 10.5. The molecule has 12 heteroatoms. The lowest BCUT2D eigenvalue weighted by molar-refractivity contribution is 0.0257. The number of anilines is 3. The van der Waals surface area contributed by atoms with Gasteiger partial charge in [-0.1, -0.05) is 0 Å². The molecular weight excluding hydrogens is 448 g/mol. The minimum absolute atomic E-state index is 0.203. The Morgan fingerprint density at radius 1 is 1.09 bits per heavy atom. The number of hydrogen-bond donors (Lipinski definition) is 1. The monoisotopic (exact) mass is 471 g/mol. The average molecular weight is 471 g/mol. The van der Waals surface area contributed by atoms with Crippen LogP contribution in [0, 0.1) is 0 Å². The number of fused-ring (bicyclic) bond motifs is 1. The summed E-state index contributed by atoms with van der Waals surface area (Å²) in [4.78, 5) is 10.5. The van der Waals surface area contributed by atoms with E-state index in [9.17, 15) is 8.78 Å². The molecule has 10 nitrogen and oxygen atoms in total. The Morgan fingerprint density at radius 3 is 2.50 bits per heavy atom. The van der Waals surface area contributed by atoms with Gasteiger partial charge in [-0.15, -0.1) is 5.10 Å². The van der Waals surface area contributed by atoms with Gasteiger partial charge < -0.3 is 29.0 Å². The number of halogens is 2. The second kappa shape index (κ2) is 8.36. The highest BCUT2D eigenvalue weighted by molar-refractivity contribution is 5.71. The van der Waals surface area contributed by atoms with Crippen molar-refractivity contribution in [3.8, 4) is 22.9 Å². The predicted molar refractivity (Wildman–Crippen MR) is 121 cm³/mol. The quantitative estimate of drug-likeness (QED) is 0.438. The number of benzene rings is 1. The Morgan fingerprint density at radius 2 is 1.85 bits per heavy atom. The fourth-order valence-electron chi connectivity index (χ4n) is 3.98. The second-order valence-corrected chi connectivity index (χ2v) is 7.80. The molecule has 0 atom stereocenters. The minimum atomic E-state index is -2.73. The highest BCUT2D eigenvalue weighted by Crippen LogP contribution is 2.39. The first-order valence-electron chi connectivity index (χ1n) is 10.5. The molecular formula is C22H23F2N7O3. The lowest BCUT2D eigenvalue weighted by Crippen LogP contribution is -2.26. The van der Waals surface area contributed by atoms with Crippen LogP contribution >= 0.6 is 0 Å². The topological polar surface area (TPSA) is 91.0 Å². The van der Waals surface area contributed by atoms with Crippen molar-refractivity contribution in [3.05, 3.63) is 43.0 Å². The normalized spacial score (nSPS) is 15.0. The first-order chi connectivity index (χ1) is 16.4. The average Bonchev–Trinajstić information content (AvgIpc) is 3.57. The van der Waals surface area contributed by atoms with Crippen LogP contribution in [0.4, 0.5) is 26.4 Å². The highest BCUT2D eigenvalue weighted by Gasteiger charge is 2.39.